The molecule has 0 aliphatic carbocycles. The third-order valence-electron chi connectivity index (χ3n) is 4.14. The summed E-state index contributed by atoms with van der Waals surface area (Å²) < 4.78 is 10.8. The second-order valence-electron chi connectivity index (χ2n) is 5.88. The molecule has 1 unspecified atom stereocenters. The summed E-state index contributed by atoms with van der Waals surface area (Å²) in [6.45, 7) is 1.28. The van der Waals surface area contributed by atoms with Crippen molar-refractivity contribution in [1.29, 1.82) is 0 Å². The molecule has 2 heterocycles. The van der Waals surface area contributed by atoms with E-state index in [4.69, 9.17) is 9.47 Å². The van der Waals surface area contributed by atoms with E-state index < -0.39 is 0 Å². The van der Waals surface area contributed by atoms with Crippen molar-refractivity contribution in [2.24, 2.45) is 0 Å². The zero-order chi connectivity index (χ0) is 17.5. The monoisotopic (exact) mass is 338 g/mol. The zero-order valence-corrected chi connectivity index (χ0v) is 14.3. The number of carbonyl (C=O) groups excluding carboxylic acids is 1. The van der Waals surface area contributed by atoms with Gasteiger partial charge >= 0.3 is 0 Å². The van der Waals surface area contributed by atoms with Gasteiger partial charge in [-0.3, -0.25) is 9.69 Å². The molecular weight excluding hydrogens is 316 g/mol. The number of amides is 1. The molecule has 5 nitrogen and oxygen atoms in total. The van der Waals surface area contributed by atoms with Crippen LogP contribution in [0, 0.1) is 0 Å². The molecular formula is C20H22N2O3. The van der Waals surface area contributed by atoms with Crippen LogP contribution in [0.15, 0.2) is 54.7 Å². The highest BCUT2D eigenvalue weighted by molar-refractivity contribution is 6.03. The van der Waals surface area contributed by atoms with Crippen LogP contribution in [0.4, 0.5) is 5.82 Å². The number of benzene rings is 1. The van der Waals surface area contributed by atoms with E-state index >= 15 is 0 Å². The number of pyridine rings is 1. The van der Waals surface area contributed by atoms with E-state index in [2.05, 4.69) is 4.98 Å². The van der Waals surface area contributed by atoms with Crippen molar-refractivity contribution < 1.29 is 14.3 Å². The normalized spacial score (nSPS) is 16.9. The largest absolute Gasteiger partial charge is 0.497 e. The van der Waals surface area contributed by atoms with E-state index in [0.717, 1.165) is 30.8 Å². The number of carbonyl (C=O) groups is 1. The SMILES string of the molecule is COc1ccc(C=CC(=O)N(CC2CCCO2)c2ccccn2)cc1. The molecule has 3 rings (SSSR count). The molecule has 1 fully saturated rings. The quantitative estimate of drug-likeness (QED) is 0.758. The van der Waals surface area contributed by atoms with E-state index in [1.165, 1.54) is 0 Å². The molecule has 1 amide bonds. The number of methoxy groups -OCH3 is 1. The summed E-state index contributed by atoms with van der Waals surface area (Å²) >= 11 is 0. The van der Waals surface area contributed by atoms with Crippen LogP contribution in [0.5, 0.6) is 5.75 Å². The molecule has 1 atom stereocenters. The fourth-order valence-electron chi connectivity index (χ4n) is 2.77. The lowest BCUT2D eigenvalue weighted by atomic mass is 10.2. The third kappa shape index (κ3) is 4.67. The van der Waals surface area contributed by atoms with Gasteiger partial charge in [-0.2, -0.15) is 0 Å². The molecule has 1 aliphatic rings. The summed E-state index contributed by atoms with van der Waals surface area (Å²) in [6.07, 6.45) is 7.15. The molecule has 1 aromatic carbocycles. The minimum atomic E-state index is -0.106. The molecule has 1 aliphatic heterocycles. The van der Waals surface area contributed by atoms with Crippen molar-refractivity contribution in [1.82, 2.24) is 4.98 Å². The predicted molar refractivity (Wildman–Crippen MR) is 97.6 cm³/mol. The Labute approximate surface area is 147 Å². The number of hydrogen-bond acceptors (Lipinski definition) is 4. The van der Waals surface area contributed by atoms with Gasteiger partial charge < -0.3 is 9.47 Å². The van der Waals surface area contributed by atoms with Gasteiger partial charge in [0.15, 0.2) is 0 Å². The second kappa shape index (κ2) is 8.44. The second-order valence-corrected chi connectivity index (χ2v) is 5.88. The molecule has 25 heavy (non-hydrogen) atoms. The highest BCUT2D eigenvalue weighted by Crippen LogP contribution is 2.18. The summed E-state index contributed by atoms with van der Waals surface area (Å²) in [6, 6.07) is 13.1. The molecule has 1 saturated heterocycles. The van der Waals surface area contributed by atoms with Crippen LogP contribution in [0.3, 0.4) is 0 Å². The van der Waals surface area contributed by atoms with E-state index in [1.54, 1.807) is 30.4 Å². The number of hydrogen-bond donors (Lipinski definition) is 0. The number of aromatic nitrogens is 1. The summed E-state index contributed by atoms with van der Waals surface area (Å²) in [7, 11) is 1.63. The first-order chi connectivity index (χ1) is 12.3. The highest BCUT2D eigenvalue weighted by atomic mass is 16.5. The Morgan fingerprint density at radius 2 is 2.16 bits per heavy atom. The van der Waals surface area contributed by atoms with Gasteiger partial charge in [0, 0.05) is 18.9 Å². The third-order valence-corrected chi connectivity index (χ3v) is 4.14. The summed E-state index contributed by atoms with van der Waals surface area (Å²) in [5.74, 6) is 1.32. The minimum absolute atomic E-state index is 0.0698. The van der Waals surface area contributed by atoms with Gasteiger partial charge in [-0.25, -0.2) is 4.98 Å². The maximum Gasteiger partial charge on any atom is 0.252 e. The van der Waals surface area contributed by atoms with Crippen LogP contribution in [-0.4, -0.2) is 37.3 Å². The van der Waals surface area contributed by atoms with Crippen molar-refractivity contribution in [3.8, 4) is 5.75 Å². The molecule has 5 heteroatoms. The first kappa shape index (κ1) is 17.2. The molecule has 1 aromatic heterocycles. The average molecular weight is 338 g/mol. The molecule has 2 aromatic rings. The van der Waals surface area contributed by atoms with Crippen LogP contribution < -0.4 is 9.64 Å². The van der Waals surface area contributed by atoms with Gasteiger partial charge in [-0.1, -0.05) is 18.2 Å². The molecule has 0 spiro atoms. The van der Waals surface area contributed by atoms with Crippen LogP contribution in [0.1, 0.15) is 18.4 Å². The number of rotatable bonds is 6. The maximum atomic E-state index is 12.7. The van der Waals surface area contributed by atoms with E-state index in [9.17, 15) is 4.79 Å². The van der Waals surface area contributed by atoms with E-state index in [1.807, 2.05) is 42.5 Å². The molecule has 0 saturated carbocycles. The van der Waals surface area contributed by atoms with Gasteiger partial charge in [0.05, 0.1) is 19.8 Å². The van der Waals surface area contributed by atoms with Crippen molar-refractivity contribution in [3.63, 3.8) is 0 Å². The minimum Gasteiger partial charge on any atom is -0.497 e. The lowest BCUT2D eigenvalue weighted by molar-refractivity contribution is -0.114. The van der Waals surface area contributed by atoms with Crippen molar-refractivity contribution in [3.05, 3.63) is 60.3 Å². The van der Waals surface area contributed by atoms with Gasteiger partial charge in [-0.05, 0) is 48.7 Å². The smallest absolute Gasteiger partial charge is 0.252 e. The molecule has 0 radical (unpaired) electrons. The van der Waals surface area contributed by atoms with Gasteiger partial charge in [-0.15, -0.1) is 0 Å². The van der Waals surface area contributed by atoms with Crippen molar-refractivity contribution in [2.75, 3.05) is 25.2 Å². The Morgan fingerprint density at radius 3 is 2.80 bits per heavy atom. The molecule has 0 bridgehead atoms. The first-order valence-electron chi connectivity index (χ1n) is 8.42. The number of anilines is 1. The first-order valence-corrected chi connectivity index (χ1v) is 8.42. The standard InChI is InChI=1S/C20H22N2O3/c1-24-17-10-7-16(8-11-17)9-12-20(23)22(15-18-5-4-14-25-18)19-6-2-3-13-21-19/h2-3,6-13,18H,4-5,14-15H2,1H3. The predicted octanol–water partition coefficient (Wildman–Crippen LogP) is 3.32. The summed E-state index contributed by atoms with van der Waals surface area (Å²) in [5, 5.41) is 0. The Hall–Kier alpha value is -2.66. The number of nitrogens with zero attached hydrogens (tertiary/aromatic N) is 2. The van der Waals surface area contributed by atoms with Crippen molar-refractivity contribution in [2.45, 2.75) is 18.9 Å². The molecule has 130 valence electrons. The number of ether oxygens (including phenoxy) is 2. The van der Waals surface area contributed by atoms with Crippen LogP contribution in [0.2, 0.25) is 0 Å². The lowest BCUT2D eigenvalue weighted by Gasteiger charge is -2.23. The highest BCUT2D eigenvalue weighted by Gasteiger charge is 2.23. The molecule has 0 N–H and O–H groups in total. The zero-order valence-electron chi connectivity index (χ0n) is 14.3. The van der Waals surface area contributed by atoms with Gasteiger partial charge in [0.2, 0.25) is 0 Å². The van der Waals surface area contributed by atoms with Crippen molar-refractivity contribution >= 4 is 17.8 Å². The Kier molecular flexibility index (Phi) is 5.80. The topological polar surface area (TPSA) is 51.7 Å². The fraction of sp³-hybridized carbons (Fsp3) is 0.300. The fourth-order valence-corrected chi connectivity index (χ4v) is 2.77. The van der Waals surface area contributed by atoms with Gasteiger partial charge in [0.1, 0.15) is 11.6 Å². The summed E-state index contributed by atoms with van der Waals surface area (Å²) in [5.41, 5.74) is 0.937. The lowest BCUT2D eigenvalue weighted by Crippen LogP contribution is -2.37. The van der Waals surface area contributed by atoms with Gasteiger partial charge in [0.25, 0.3) is 5.91 Å². The van der Waals surface area contributed by atoms with E-state index in [-0.39, 0.29) is 12.0 Å². The average Bonchev–Trinajstić information content (AvgIpc) is 3.18. The Morgan fingerprint density at radius 1 is 1.32 bits per heavy atom. The Balaban J connectivity index is 1.74. The maximum absolute atomic E-state index is 12.7. The Bertz CT molecular complexity index is 707. The van der Waals surface area contributed by atoms with Crippen LogP contribution in [0.25, 0.3) is 6.08 Å². The van der Waals surface area contributed by atoms with Crippen LogP contribution >= 0.6 is 0 Å². The van der Waals surface area contributed by atoms with Crippen LogP contribution in [-0.2, 0) is 9.53 Å². The van der Waals surface area contributed by atoms with E-state index in [0.29, 0.717) is 12.4 Å². The summed E-state index contributed by atoms with van der Waals surface area (Å²) in [4.78, 5) is 18.7.